The van der Waals surface area contributed by atoms with E-state index in [4.69, 9.17) is 0 Å². The molecule has 5 heteroatoms. The van der Waals surface area contributed by atoms with Gasteiger partial charge in [0.25, 0.3) is 0 Å². The zero-order valence-electron chi connectivity index (χ0n) is 10.1. The van der Waals surface area contributed by atoms with E-state index in [1.54, 1.807) is 0 Å². The molecule has 0 bridgehead atoms. The number of benzene rings is 1. The number of hydrogen-bond acceptors (Lipinski definition) is 1. The molecule has 1 aromatic rings. The monoisotopic (exact) mass is 242 g/mol. The van der Waals surface area contributed by atoms with Crippen molar-refractivity contribution in [3.63, 3.8) is 0 Å². The van der Waals surface area contributed by atoms with Crippen LogP contribution in [0.4, 0.5) is 19.3 Å². The summed E-state index contributed by atoms with van der Waals surface area (Å²) < 4.78 is 26.0. The number of carbonyl (C=O) groups excluding carboxylic acids is 1. The van der Waals surface area contributed by atoms with Gasteiger partial charge in [-0.05, 0) is 17.5 Å². The summed E-state index contributed by atoms with van der Waals surface area (Å²) in [5.74, 6) is -1.27. The highest BCUT2D eigenvalue weighted by Gasteiger charge is 2.13. The van der Waals surface area contributed by atoms with Gasteiger partial charge in [-0.25, -0.2) is 13.6 Å². The standard InChI is InChI=1S/C12H16F2N2O/c1-12(2,3)7-15-11(17)16-10-6-8(13)4-5-9(10)14/h4-6H,7H2,1-3H3,(H2,15,16,17). The molecule has 0 radical (unpaired) electrons. The zero-order chi connectivity index (χ0) is 13.1. The Morgan fingerprint density at radius 1 is 1.29 bits per heavy atom. The average molecular weight is 242 g/mol. The van der Waals surface area contributed by atoms with Gasteiger partial charge in [0.05, 0.1) is 5.69 Å². The molecule has 0 aromatic heterocycles. The van der Waals surface area contributed by atoms with Crippen molar-refractivity contribution in [3.05, 3.63) is 29.8 Å². The molecular formula is C12H16F2N2O. The molecule has 0 aliphatic heterocycles. The van der Waals surface area contributed by atoms with Crippen LogP contribution in [0.5, 0.6) is 0 Å². The van der Waals surface area contributed by atoms with Crippen LogP contribution in [0.15, 0.2) is 18.2 Å². The maximum absolute atomic E-state index is 13.2. The normalized spacial score (nSPS) is 11.1. The molecule has 0 heterocycles. The SMILES string of the molecule is CC(C)(C)CNC(=O)Nc1cc(F)ccc1F. The van der Waals surface area contributed by atoms with E-state index in [1.165, 1.54) is 0 Å². The van der Waals surface area contributed by atoms with E-state index in [2.05, 4.69) is 10.6 Å². The van der Waals surface area contributed by atoms with Crippen LogP contribution in [-0.4, -0.2) is 12.6 Å². The Balaban J connectivity index is 2.59. The van der Waals surface area contributed by atoms with Gasteiger partial charge in [-0.15, -0.1) is 0 Å². The fraction of sp³-hybridized carbons (Fsp3) is 0.417. The summed E-state index contributed by atoms with van der Waals surface area (Å²) >= 11 is 0. The third kappa shape index (κ3) is 4.80. The molecule has 0 spiro atoms. The number of urea groups is 1. The summed E-state index contributed by atoms with van der Waals surface area (Å²) in [6.45, 7) is 6.30. The highest BCUT2D eigenvalue weighted by Crippen LogP contribution is 2.15. The molecule has 0 saturated heterocycles. The second-order valence-electron chi connectivity index (χ2n) is 4.99. The molecule has 0 fully saturated rings. The van der Waals surface area contributed by atoms with Crippen LogP contribution in [0.1, 0.15) is 20.8 Å². The topological polar surface area (TPSA) is 41.1 Å². The number of nitrogens with one attached hydrogen (secondary N) is 2. The van der Waals surface area contributed by atoms with E-state index in [9.17, 15) is 13.6 Å². The minimum absolute atomic E-state index is 0.0716. The predicted octanol–water partition coefficient (Wildman–Crippen LogP) is 3.13. The molecule has 3 nitrogen and oxygen atoms in total. The highest BCUT2D eigenvalue weighted by molar-refractivity contribution is 5.89. The number of rotatable bonds is 2. The summed E-state index contributed by atoms with van der Waals surface area (Å²) in [6, 6.07) is 2.35. The fourth-order valence-corrected chi connectivity index (χ4v) is 1.11. The summed E-state index contributed by atoms with van der Waals surface area (Å²) in [4.78, 5) is 11.4. The first-order valence-electron chi connectivity index (χ1n) is 5.28. The van der Waals surface area contributed by atoms with Crippen molar-refractivity contribution in [1.82, 2.24) is 5.32 Å². The lowest BCUT2D eigenvalue weighted by atomic mass is 9.97. The number of halogens is 2. The van der Waals surface area contributed by atoms with Gasteiger partial charge in [0, 0.05) is 12.6 Å². The van der Waals surface area contributed by atoms with Crippen LogP contribution in [0.2, 0.25) is 0 Å². The molecule has 1 aromatic carbocycles. The van der Waals surface area contributed by atoms with E-state index >= 15 is 0 Å². The van der Waals surface area contributed by atoms with Crippen molar-refractivity contribution in [1.29, 1.82) is 0 Å². The number of amides is 2. The van der Waals surface area contributed by atoms with Crippen molar-refractivity contribution in [2.75, 3.05) is 11.9 Å². The maximum Gasteiger partial charge on any atom is 0.319 e. The van der Waals surface area contributed by atoms with Gasteiger partial charge in [-0.2, -0.15) is 0 Å². The largest absolute Gasteiger partial charge is 0.337 e. The van der Waals surface area contributed by atoms with Gasteiger partial charge >= 0.3 is 6.03 Å². The third-order valence-electron chi connectivity index (χ3n) is 1.96. The Labute approximate surface area is 99.2 Å². The molecule has 2 amide bonds. The van der Waals surface area contributed by atoms with Gasteiger partial charge in [-0.3, -0.25) is 0 Å². The number of carbonyl (C=O) groups is 1. The van der Waals surface area contributed by atoms with Crippen LogP contribution in [0.25, 0.3) is 0 Å². The van der Waals surface area contributed by atoms with E-state index < -0.39 is 17.7 Å². The number of hydrogen-bond donors (Lipinski definition) is 2. The Hall–Kier alpha value is -1.65. The zero-order valence-corrected chi connectivity index (χ0v) is 10.1. The van der Waals surface area contributed by atoms with E-state index in [0.717, 1.165) is 18.2 Å². The Kier molecular flexibility index (Phi) is 4.04. The van der Waals surface area contributed by atoms with E-state index in [1.807, 2.05) is 20.8 Å². The fourth-order valence-electron chi connectivity index (χ4n) is 1.11. The molecule has 0 aliphatic carbocycles. The molecule has 94 valence electrons. The molecule has 0 aliphatic rings. The lowest BCUT2D eigenvalue weighted by Crippen LogP contribution is -2.35. The molecule has 0 saturated carbocycles. The quantitative estimate of drug-likeness (QED) is 0.821. The van der Waals surface area contributed by atoms with Crippen molar-refractivity contribution in [2.45, 2.75) is 20.8 Å². The number of anilines is 1. The summed E-state index contributed by atoms with van der Waals surface area (Å²) in [6.07, 6.45) is 0. The van der Waals surface area contributed by atoms with Gasteiger partial charge in [0.1, 0.15) is 11.6 Å². The van der Waals surface area contributed by atoms with Gasteiger partial charge in [-0.1, -0.05) is 20.8 Å². The first-order valence-corrected chi connectivity index (χ1v) is 5.28. The van der Waals surface area contributed by atoms with Crippen LogP contribution < -0.4 is 10.6 Å². The Morgan fingerprint density at radius 2 is 1.94 bits per heavy atom. The maximum atomic E-state index is 13.2. The predicted molar refractivity (Wildman–Crippen MR) is 62.8 cm³/mol. The van der Waals surface area contributed by atoms with Crippen LogP contribution in [0, 0.1) is 17.0 Å². The minimum atomic E-state index is -0.669. The molecule has 0 unspecified atom stereocenters. The van der Waals surface area contributed by atoms with E-state index in [0.29, 0.717) is 6.54 Å². The Bertz CT molecular complexity index is 413. The van der Waals surface area contributed by atoms with Gasteiger partial charge in [0.2, 0.25) is 0 Å². The third-order valence-corrected chi connectivity index (χ3v) is 1.96. The van der Waals surface area contributed by atoms with Gasteiger partial charge in [0.15, 0.2) is 0 Å². The molecule has 0 atom stereocenters. The summed E-state index contributed by atoms with van der Waals surface area (Å²) in [5, 5.41) is 4.84. The molecule has 2 N–H and O–H groups in total. The first-order chi connectivity index (χ1) is 7.78. The summed E-state index contributed by atoms with van der Waals surface area (Å²) in [5.41, 5.74) is -0.242. The second kappa shape index (κ2) is 5.12. The van der Waals surface area contributed by atoms with Crippen molar-refractivity contribution < 1.29 is 13.6 Å². The van der Waals surface area contributed by atoms with Crippen LogP contribution in [0.3, 0.4) is 0 Å². The Morgan fingerprint density at radius 3 is 2.53 bits per heavy atom. The summed E-state index contributed by atoms with van der Waals surface area (Å²) in [7, 11) is 0. The van der Waals surface area contributed by atoms with Crippen LogP contribution in [-0.2, 0) is 0 Å². The van der Waals surface area contributed by atoms with Gasteiger partial charge < -0.3 is 10.6 Å². The smallest absolute Gasteiger partial charge is 0.319 e. The molecular weight excluding hydrogens is 226 g/mol. The van der Waals surface area contributed by atoms with Crippen molar-refractivity contribution in [3.8, 4) is 0 Å². The second-order valence-corrected chi connectivity index (χ2v) is 4.99. The van der Waals surface area contributed by atoms with Crippen molar-refractivity contribution in [2.24, 2.45) is 5.41 Å². The lowest BCUT2D eigenvalue weighted by Gasteiger charge is -2.19. The average Bonchev–Trinajstić information content (AvgIpc) is 2.20. The van der Waals surface area contributed by atoms with Crippen molar-refractivity contribution >= 4 is 11.7 Å². The van der Waals surface area contributed by atoms with Crippen LogP contribution >= 0.6 is 0 Å². The molecule has 1 rings (SSSR count). The lowest BCUT2D eigenvalue weighted by molar-refractivity contribution is 0.246. The first kappa shape index (κ1) is 13.4. The highest BCUT2D eigenvalue weighted by atomic mass is 19.1. The molecule has 17 heavy (non-hydrogen) atoms. The van der Waals surface area contributed by atoms with E-state index in [-0.39, 0.29) is 11.1 Å². The minimum Gasteiger partial charge on any atom is -0.337 e.